The van der Waals surface area contributed by atoms with E-state index in [2.05, 4.69) is 15.0 Å². The normalized spacial score (nSPS) is 23.8. The standard InChI is InChI=1S/C11H16N6O/c12-9-8-10(16-11(13)15-9)17(5-14-8)7-3-1-2-6(7)4-18/h5-7,18H,1-4H2,(H4,12,13,15,16)/t6-,7-/m1/s1. The summed E-state index contributed by atoms with van der Waals surface area (Å²) >= 11 is 0. The molecule has 18 heavy (non-hydrogen) atoms. The molecule has 0 aromatic carbocycles. The van der Waals surface area contributed by atoms with Crippen molar-refractivity contribution in [3.63, 3.8) is 0 Å². The summed E-state index contributed by atoms with van der Waals surface area (Å²) in [6.07, 6.45) is 4.86. The molecule has 1 saturated carbocycles. The fraction of sp³-hybridized carbons (Fsp3) is 0.545. The smallest absolute Gasteiger partial charge is 0.224 e. The number of aliphatic hydroxyl groups is 1. The number of hydrogen-bond donors (Lipinski definition) is 3. The first-order valence-electron chi connectivity index (χ1n) is 6.07. The number of nitrogen functional groups attached to an aromatic ring is 2. The molecule has 0 saturated heterocycles. The van der Waals surface area contributed by atoms with Gasteiger partial charge in [0.2, 0.25) is 5.95 Å². The van der Waals surface area contributed by atoms with Gasteiger partial charge < -0.3 is 21.1 Å². The summed E-state index contributed by atoms with van der Waals surface area (Å²) in [4.78, 5) is 12.4. The molecule has 7 heteroatoms. The maximum atomic E-state index is 9.40. The average molecular weight is 248 g/mol. The fourth-order valence-corrected chi connectivity index (χ4v) is 2.80. The Morgan fingerprint density at radius 3 is 2.94 bits per heavy atom. The van der Waals surface area contributed by atoms with E-state index in [1.165, 1.54) is 0 Å². The second-order valence-electron chi connectivity index (χ2n) is 4.73. The molecule has 0 unspecified atom stereocenters. The summed E-state index contributed by atoms with van der Waals surface area (Å²) in [6.45, 7) is 0.181. The van der Waals surface area contributed by atoms with Crippen molar-refractivity contribution < 1.29 is 5.11 Å². The van der Waals surface area contributed by atoms with Crippen molar-refractivity contribution in [1.82, 2.24) is 19.5 Å². The van der Waals surface area contributed by atoms with Gasteiger partial charge in [-0.25, -0.2) is 4.98 Å². The molecule has 2 aromatic rings. The Kier molecular flexibility index (Phi) is 2.55. The zero-order chi connectivity index (χ0) is 12.7. The molecule has 0 bridgehead atoms. The van der Waals surface area contributed by atoms with Crippen LogP contribution in [-0.4, -0.2) is 31.2 Å². The number of nitrogens with two attached hydrogens (primary N) is 2. The van der Waals surface area contributed by atoms with Crippen molar-refractivity contribution in [2.45, 2.75) is 25.3 Å². The van der Waals surface area contributed by atoms with Crippen LogP contribution in [0.3, 0.4) is 0 Å². The molecule has 1 fully saturated rings. The van der Waals surface area contributed by atoms with Gasteiger partial charge in [-0.05, 0) is 12.8 Å². The Morgan fingerprint density at radius 1 is 1.33 bits per heavy atom. The van der Waals surface area contributed by atoms with Gasteiger partial charge in [-0.1, -0.05) is 6.42 Å². The minimum atomic E-state index is 0.153. The van der Waals surface area contributed by atoms with Crippen molar-refractivity contribution in [1.29, 1.82) is 0 Å². The van der Waals surface area contributed by atoms with Crippen molar-refractivity contribution >= 4 is 22.9 Å². The molecule has 2 aromatic heterocycles. The summed E-state index contributed by atoms with van der Waals surface area (Å²) in [7, 11) is 0. The van der Waals surface area contributed by atoms with Gasteiger partial charge in [-0.15, -0.1) is 0 Å². The third kappa shape index (κ3) is 1.59. The van der Waals surface area contributed by atoms with Crippen LogP contribution in [0.1, 0.15) is 25.3 Å². The van der Waals surface area contributed by atoms with E-state index in [9.17, 15) is 5.11 Å². The third-order valence-electron chi connectivity index (χ3n) is 3.68. The first-order valence-corrected chi connectivity index (χ1v) is 6.07. The lowest BCUT2D eigenvalue weighted by Crippen LogP contribution is -2.17. The van der Waals surface area contributed by atoms with E-state index in [1.54, 1.807) is 6.33 Å². The topological polar surface area (TPSA) is 116 Å². The van der Waals surface area contributed by atoms with Gasteiger partial charge in [0.25, 0.3) is 0 Å². The predicted octanol–water partition coefficient (Wildman–Crippen LogP) is 0.324. The van der Waals surface area contributed by atoms with E-state index >= 15 is 0 Å². The maximum absolute atomic E-state index is 9.40. The number of aliphatic hydroxyl groups excluding tert-OH is 1. The zero-order valence-electron chi connectivity index (χ0n) is 9.95. The lowest BCUT2D eigenvalue weighted by Gasteiger charge is -2.19. The Hall–Kier alpha value is -1.89. The van der Waals surface area contributed by atoms with Gasteiger partial charge in [0.15, 0.2) is 11.5 Å². The van der Waals surface area contributed by atoms with Crippen LogP contribution in [0, 0.1) is 5.92 Å². The van der Waals surface area contributed by atoms with E-state index < -0.39 is 0 Å². The first-order chi connectivity index (χ1) is 8.70. The highest BCUT2D eigenvalue weighted by molar-refractivity contribution is 5.82. The second kappa shape index (κ2) is 4.09. The van der Waals surface area contributed by atoms with Gasteiger partial charge in [0.05, 0.1) is 6.33 Å². The average Bonchev–Trinajstić information content (AvgIpc) is 2.93. The molecule has 3 rings (SSSR count). The van der Waals surface area contributed by atoms with Crippen LogP contribution in [0.15, 0.2) is 6.33 Å². The third-order valence-corrected chi connectivity index (χ3v) is 3.68. The van der Waals surface area contributed by atoms with Gasteiger partial charge in [0.1, 0.15) is 5.52 Å². The molecule has 0 aliphatic heterocycles. The largest absolute Gasteiger partial charge is 0.396 e. The van der Waals surface area contributed by atoms with E-state index in [-0.39, 0.29) is 24.5 Å². The van der Waals surface area contributed by atoms with Crippen LogP contribution >= 0.6 is 0 Å². The number of imidazole rings is 1. The van der Waals surface area contributed by atoms with Crippen LogP contribution in [-0.2, 0) is 0 Å². The monoisotopic (exact) mass is 248 g/mol. The van der Waals surface area contributed by atoms with Crippen LogP contribution in [0.4, 0.5) is 11.8 Å². The molecule has 2 atom stereocenters. The SMILES string of the molecule is Nc1nc(N)c2ncn([C@@H]3CCC[C@@H]3CO)c2n1. The lowest BCUT2D eigenvalue weighted by molar-refractivity contribution is 0.197. The molecular weight excluding hydrogens is 232 g/mol. The van der Waals surface area contributed by atoms with Crippen molar-refractivity contribution in [3.05, 3.63) is 6.33 Å². The second-order valence-corrected chi connectivity index (χ2v) is 4.73. The predicted molar refractivity (Wildman–Crippen MR) is 67.6 cm³/mol. The van der Waals surface area contributed by atoms with Gasteiger partial charge in [-0.3, -0.25) is 0 Å². The van der Waals surface area contributed by atoms with Crippen molar-refractivity contribution in [3.8, 4) is 0 Å². The fourth-order valence-electron chi connectivity index (χ4n) is 2.80. The summed E-state index contributed by atoms with van der Waals surface area (Å²) < 4.78 is 1.97. The molecule has 2 heterocycles. The van der Waals surface area contributed by atoms with Gasteiger partial charge >= 0.3 is 0 Å². The van der Waals surface area contributed by atoms with Gasteiger partial charge in [-0.2, -0.15) is 9.97 Å². The van der Waals surface area contributed by atoms with Crippen molar-refractivity contribution in [2.24, 2.45) is 5.92 Å². The Balaban J connectivity index is 2.12. The highest BCUT2D eigenvalue weighted by Gasteiger charge is 2.29. The zero-order valence-corrected chi connectivity index (χ0v) is 9.95. The van der Waals surface area contributed by atoms with E-state index in [4.69, 9.17) is 11.5 Å². The Morgan fingerprint density at radius 2 is 2.17 bits per heavy atom. The molecule has 5 N–H and O–H groups in total. The molecule has 7 nitrogen and oxygen atoms in total. The highest BCUT2D eigenvalue weighted by atomic mass is 16.3. The summed E-state index contributed by atoms with van der Waals surface area (Å²) in [5.74, 6) is 0.704. The van der Waals surface area contributed by atoms with E-state index in [0.29, 0.717) is 17.0 Å². The first kappa shape index (κ1) is 11.2. The number of rotatable bonds is 2. The Labute approximate surface area is 104 Å². The minimum absolute atomic E-state index is 0.153. The van der Waals surface area contributed by atoms with Crippen LogP contribution in [0.2, 0.25) is 0 Å². The number of fused-ring (bicyclic) bond motifs is 1. The van der Waals surface area contributed by atoms with Gasteiger partial charge in [0, 0.05) is 18.6 Å². The van der Waals surface area contributed by atoms with Crippen LogP contribution < -0.4 is 11.5 Å². The number of nitrogens with zero attached hydrogens (tertiary/aromatic N) is 4. The lowest BCUT2D eigenvalue weighted by atomic mass is 10.1. The number of aromatic nitrogens is 4. The molecule has 0 spiro atoms. The Bertz CT molecular complexity index is 580. The molecular formula is C11H16N6O. The summed E-state index contributed by atoms with van der Waals surface area (Å²) in [6, 6.07) is 0.216. The molecule has 1 aliphatic carbocycles. The number of hydrogen-bond acceptors (Lipinski definition) is 6. The molecule has 0 radical (unpaired) electrons. The minimum Gasteiger partial charge on any atom is -0.396 e. The highest BCUT2D eigenvalue weighted by Crippen LogP contribution is 2.37. The summed E-state index contributed by atoms with van der Waals surface area (Å²) in [5.41, 5.74) is 12.6. The van der Waals surface area contributed by atoms with E-state index in [0.717, 1.165) is 19.3 Å². The van der Waals surface area contributed by atoms with Crippen LogP contribution in [0.5, 0.6) is 0 Å². The quantitative estimate of drug-likeness (QED) is 0.705. The summed E-state index contributed by atoms with van der Waals surface area (Å²) in [5, 5.41) is 9.40. The maximum Gasteiger partial charge on any atom is 0.224 e. The number of anilines is 2. The van der Waals surface area contributed by atoms with E-state index in [1.807, 2.05) is 4.57 Å². The molecule has 96 valence electrons. The molecule has 0 amide bonds. The van der Waals surface area contributed by atoms with Crippen molar-refractivity contribution in [2.75, 3.05) is 18.1 Å². The molecule has 1 aliphatic rings. The van der Waals surface area contributed by atoms with Crippen LogP contribution in [0.25, 0.3) is 11.2 Å².